The maximum Gasteiger partial charge on any atom is 0.144 e. The van der Waals surface area contributed by atoms with Crippen molar-refractivity contribution in [2.24, 2.45) is 15.7 Å². The molecule has 2 aromatic heterocycles. The Labute approximate surface area is 168 Å². The van der Waals surface area contributed by atoms with Crippen molar-refractivity contribution in [3.63, 3.8) is 0 Å². The van der Waals surface area contributed by atoms with Crippen molar-refractivity contribution >= 4 is 40.6 Å². The van der Waals surface area contributed by atoms with E-state index in [-0.39, 0.29) is 5.84 Å². The summed E-state index contributed by atoms with van der Waals surface area (Å²) in [7, 11) is 1.67. The van der Waals surface area contributed by atoms with Gasteiger partial charge in [-0.1, -0.05) is 6.07 Å². The lowest BCUT2D eigenvalue weighted by atomic mass is 9.94. The van der Waals surface area contributed by atoms with Gasteiger partial charge in [-0.3, -0.25) is 15.4 Å². The van der Waals surface area contributed by atoms with Crippen LogP contribution in [0.2, 0.25) is 0 Å². The lowest BCUT2D eigenvalue weighted by molar-refractivity contribution is 0.939. The molecule has 2 heterocycles. The van der Waals surface area contributed by atoms with E-state index in [9.17, 15) is 0 Å². The van der Waals surface area contributed by atoms with E-state index in [0.717, 1.165) is 12.1 Å². The summed E-state index contributed by atoms with van der Waals surface area (Å²) in [6.45, 7) is 5.25. The first-order valence-corrected chi connectivity index (χ1v) is 9.40. The van der Waals surface area contributed by atoms with E-state index in [1.165, 1.54) is 11.3 Å². The van der Waals surface area contributed by atoms with Crippen molar-refractivity contribution in [3.8, 4) is 0 Å². The summed E-state index contributed by atoms with van der Waals surface area (Å²) in [5.74, 6) is -0.705. The molecule has 0 spiro atoms. The minimum absolute atomic E-state index is 0.159. The Balaban J connectivity index is 2.74. The summed E-state index contributed by atoms with van der Waals surface area (Å²) >= 11 is 1.31. The van der Waals surface area contributed by atoms with Crippen molar-refractivity contribution in [1.82, 2.24) is 9.97 Å². The van der Waals surface area contributed by atoms with Crippen molar-refractivity contribution in [2.75, 3.05) is 7.05 Å². The molecular formula is C19H24N8S. The van der Waals surface area contributed by atoms with Crippen LogP contribution in [0.1, 0.15) is 53.9 Å². The summed E-state index contributed by atoms with van der Waals surface area (Å²) in [5.41, 5.74) is 8.90. The van der Waals surface area contributed by atoms with Gasteiger partial charge >= 0.3 is 0 Å². The van der Waals surface area contributed by atoms with Gasteiger partial charge < -0.3 is 16.6 Å². The van der Waals surface area contributed by atoms with Crippen LogP contribution in [-0.2, 0) is 0 Å². The summed E-state index contributed by atoms with van der Waals surface area (Å²) in [5, 5.41) is 24.4. The molecule has 146 valence electrons. The highest BCUT2D eigenvalue weighted by Crippen LogP contribution is 2.34. The molecule has 0 aliphatic carbocycles. The number of aliphatic imine (C=N–C) groups is 2. The molecule has 0 aromatic carbocycles. The minimum Gasteiger partial charge on any atom is -0.382 e. The van der Waals surface area contributed by atoms with Crippen LogP contribution in [0, 0.1) is 16.2 Å². The number of thiazole rings is 1. The zero-order chi connectivity index (χ0) is 20.8. The van der Waals surface area contributed by atoms with Crippen molar-refractivity contribution in [1.29, 1.82) is 16.2 Å². The quantitative estimate of drug-likeness (QED) is 0.401. The summed E-state index contributed by atoms with van der Waals surface area (Å²) in [4.78, 5) is 17.9. The molecule has 9 heteroatoms. The predicted octanol–water partition coefficient (Wildman–Crippen LogP) is 3.24. The largest absolute Gasteiger partial charge is 0.382 e. The van der Waals surface area contributed by atoms with Crippen LogP contribution in [0.3, 0.4) is 0 Å². The first-order chi connectivity index (χ1) is 13.3. The van der Waals surface area contributed by atoms with Gasteiger partial charge in [0.2, 0.25) is 0 Å². The van der Waals surface area contributed by atoms with Crippen LogP contribution in [0.15, 0.2) is 34.4 Å². The smallest absolute Gasteiger partial charge is 0.144 e. The van der Waals surface area contributed by atoms with E-state index in [4.69, 9.17) is 26.9 Å². The molecule has 0 fully saturated rings. The highest BCUT2D eigenvalue weighted by atomic mass is 32.1. The second-order valence-corrected chi connectivity index (χ2v) is 7.29. The van der Waals surface area contributed by atoms with E-state index in [1.54, 1.807) is 27.1 Å². The van der Waals surface area contributed by atoms with Crippen molar-refractivity contribution in [3.05, 3.63) is 45.7 Å². The van der Waals surface area contributed by atoms with Gasteiger partial charge in [-0.05, 0) is 32.9 Å². The SMILES string of the molecule is CN=C(C)C(C(C)=N)c1nc(C(C(C)=N)c2ccccn2)sc1C(N)=NC=N. The Hall–Kier alpha value is -3.07. The fourth-order valence-electron chi connectivity index (χ4n) is 2.91. The molecule has 0 bridgehead atoms. The third kappa shape index (κ3) is 4.42. The van der Waals surface area contributed by atoms with E-state index < -0.39 is 11.8 Å². The van der Waals surface area contributed by atoms with Gasteiger partial charge in [-0.25, -0.2) is 9.98 Å². The van der Waals surface area contributed by atoms with Crippen LogP contribution in [0.25, 0.3) is 0 Å². The van der Waals surface area contributed by atoms with Gasteiger partial charge in [-0.2, -0.15) is 0 Å². The van der Waals surface area contributed by atoms with Crippen molar-refractivity contribution in [2.45, 2.75) is 32.6 Å². The molecule has 5 N–H and O–H groups in total. The molecule has 2 rings (SSSR count). The number of hydrogen-bond donors (Lipinski definition) is 4. The number of nitrogens with zero attached hydrogens (tertiary/aromatic N) is 4. The number of nitrogens with one attached hydrogen (secondary N) is 3. The van der Waals surface area contributed by atoms with Crippen LogP contribution in [-0.4, -0.2) is 46.3 Å². The van der Waals surface area contributed by atoms with E-state index in [2.05, 4.69) is 15.0 Å². The fourth-order valence-corrected chi connectivity index (χ4v) is 4.10. The molecule has 2 aromatic rings. The lowest BCUT2D eigenvalue weighted by Crippen LogP contribution is -2.22. The average molecular weight is 397 g/mol. The van der Waals surface area contributed by atoms with Crippen LogP contribution in [0.4, 0.5) is 0 Å². The first-order valence-electron chi connectivity index (χ1n) is 8.59. The topological polar surface area (TPSA) is 148 Å². The average Bonchev–Trinajstić information content (AvgIpc) is 3.06. The predicted molar refractivity (Wildman–Crippen MR) is 116 cm³/mol. The third-order valence-electron chi connectivity index (χ3n) is 4.25. The van der Waals surface area contributed by atoms with Gasteiger partial charge in [0.1, 0.15) is 17.2 Å². The Morgan fingerprint density at radius 3 is 2.43 bits per heavy atom. The molecule has 0 radical (unpaired) electrons. The number of hydrogen-bond acceptors (Lipinski definition) is 7. The fraction of sp³-hybridized carbons (Fsp3) is 0.316. The van der Waals surface area contributed by atoms with Crippen LogP contribution in [0.5, 0.6) is 0 Å². The molecule has 2 unspecified atom stereocenters. The molecule has 8 nitrogen and oxygen atoms in total. The molecule has 0 saturated carbocycles. The molecule has 0 aliphatic rings. The van der Waals surface area contributed by atoms with Crippen LogP contribution >= 0.6 is 11.3 Å². The van der Waals surface area contributed by atoms with Crippen molar-refractivity contribution < 1.29 is 0 Å². The number of nitrogens with two attached hydrogens (primary N) is 1. The number of amidine groups is 1. The molecule has 0 amide bonds. The maximum atomic E-state index is 8.27. The Morgan fingerprint density at radius 1 is 1.21 bits per heavy atom. The number of rotatable bonds is 8. The number of aromatic nitrogens is 2. The highest BCUT2D eigenvalue weighted by molar-refractivity contribution is 7.14. The summed E-state index contributed by atoms with van der Waals surface area (Å²) in [6.07, 6.45) is 2.56. The second kappa shape index (κ2) is 9.23. The van der Waals surface area contributed by atoms with Gasteiger partial charge in [0.05, 0.1) is 28.1 Å². The molecule has 0 aliphatic heterocycles. The third-order valence-corrected chi connectivity index (χ3v) is 5.41. The van der Waals surface area contributed by atoms with E-state index in [1.807, 2.05) is 25.1 Å². The standard InChI is InChI=1S/C19H24N8S/c1-10(21)14(12(3)24-4)16-17(18(23)26-9-20)28-19(27-16)15(11(2)22)13-7-5-6-8-25-13/h5-9,14-15,21-22H,1-4H3,(H3,20,23,26). The molecular weight excluding hydrogens is 372 g/mol. The lowest BCUT2D eigenvalue weighted by Gasteiger charge is -2.15. The summed E-state index contributed by atoms with van der Waals surface area (Å²) < 4.78 is 0. The minimum atomic E-state index is -0.445. The Bertz CT molecular complexity index is 942. The second-order valence-electron chi connectivity index (χ2n) is 6.26. The maximum absolute atomic E-state index is 8.27. The highest BCUT2D eigenvalue weighted by Gasteiger charge is 2.30. The zero-order valence-electron chi connectivity index (χ0n) is 16.3. The molecule has 2 atom stereocenters. The van der Waals surface area contributed by atoms with Gasteiger partial charge in [-0.15, -0.1) is 11.3 Å². The van der Waals surface area contributed by atoms with E-state index >= 15 is 0 Å². The van der Waals surface area contributed by atoms with Gasteiger partial charge in [0.25, 0.3) is 0 Å². The zero-order valence-corrected chi connectivity index (χ0v) is 17.1. The van der Waals surface area contributed by atoms with Crippen LogP contribution < -0.4 is 5.73 Å². The molecule has 28 heavy (non-hydrogen) atoms. The van der Waals surface area contributed by atoms with Gasteiger partial charge in [0, 0.05) is 30.4 Å². The van der Waals surface area contributed by atoms with E-state index in [0.29, 0.717) is 32.7 Å². The molecule has 0 saturated heterocycles. The normalized spacial score (nSPS) is 14.4. The Kier molecular flexibility index (Phi) is 7.00. The summed E-state index contributed by atoms with van der Waals surface area (Å²) in [6, 6.07) is 5.55. The Morgan fingerprint density at radius 2 is 1.93 bits per heavy atom. The van der Waals surface area contributed by atoms with Gasteiger partial charge in [0.15, 0.2) is 0 Å². The number of pyridine rings is 1. The first kappa shape index (κ1) is 21.2. The monoisotopic (exact) mass is 396 g/mol.